The molecule has 5 nitrogen and oxygen atoms in total. The minimum absolute atomic E-state index is 0.177. The summed E-state index contributed by atoms with van der Waals surface area (Å²) in [5.74, 6) is -0.754. The molecule has 1 unspecified atom stereocenters. The van der Waals surface area contributed by atoms with Crippen molar-refractivity contribution in [2.24, 2.45) is 7.05 Å². The Morgan fingerprint density at radius 2 is 2.38 bits per heavy atom. The number of nitrogens with zero attached hydrogens (tertiary/aromatic N) is 3. The molecule has 1 rings (SSSR count). The number of rotatable bonds is 6. The molecule has 0 aliphatic heterocycles. The van der Waals surface area contributed by atoms with Crippen molar-refractivity contribution < 1.29 is 9.90 Å². The predicted octanol–water partition coefficient (Wildman–Crippen LogP) is 1.28. The summed E-state index contributed by atoms with van der Waals surface area (Å²) in [4.78, 5) is 12.7. The average molecular weight is 225 g/mol. The summed E-state index contributed by atoms with van der Waals surface area (Å²) in [6, 6.07) is 2.16. The first-order valence-corrected chi connectivity index (χ1v) is 5.50. The molecule has 1 N–H and O–H groups in total. The van der Waals surface area contributed by atoms with Gasteiger partial charge in [0.2, 0.25) is 0 Å². The van der Waals surface area contributed by atoms with Crippen LogP contribution in [-0.4, -0.2) is 38.8 Å². The van der Waals surface area contributed by atoms with E-state index < -0.39 is 5.97 Å². The molecular formula is C11H19N3O2. The van der Waals surface area contributed by atoms with Gasteiger partial charge in [0.15, 0.2) is 0 Å². The van der Waals surface area contributed by atoms with E-state index in [1.54, 1.807) is 6.20 Å². The van der Waals surface area contributed by atoms with Crippen molar-refractivity contribution in [3.63, 3.8) is 0 Å². The van der Waals surface area contributed by atoms with E-state index >= 15 is 0 Å². The van der Waals surface area contributed by atoms with E-state index in [-0.39, 0.29) is 12.5 Å². The van der Waals surface area contributed by atoms with Crippen molar-refractivity contribution in [2.45, 2.75) is 26.3 Å². The predicted molar refractivity (Wildman–Crippen MR) is 61.1 cm³/mol. The fourth-order valence-corrected chi connectivity index (χ4v) is 1.85. The van der Waals surface area contributed by atoms with Crippen molar-refractivity contribution in [1.29, 1.82) is 0 Å². The first kappa shape index (κ1) is 12.7. The highest BCUT2D eigenvalue weighted by Gasteiger charge is 2.17. The third kappa shape index (κ3) is 3.06. The highest BCUT2D eigenvalue weighted by molar-refractivity contribution is 5.66. The number of hydrogen-bond donors (Lipinski definition) is 1. The van der Waals surface area contributed by atoms with E-state index in [0.29, 0.717) is 6.54 Å². The second kappa shape index (κ2) is 5.65. The molecule has 0 fully saturated rings. The molecule has 1 aromatic rings. The molecule has 0 bridgehead atoms. The molecule has 1 atom stereocenters. The standard InChI is InChI=1S/C11H19N3O2/c1-4-14(8-6-11(15)16)9(2)10-5-7-12-13(10)3/h5,7,9H,4,6,8H2,1-3H3,(H,15,16). The molecular weight excluding hydrogens is 206 g/mol. The van der Waals surface area contributed by atoms with E-state index in [2.05, 4.69) is 16.9 Å². The summed E-state index contributed by atoms with van der Waals surface area (Å²) in [5.41, 5.74) is 1.10. The molecule has 5 heteroatoms. The van der Waals surface area contributed by atoms with Gasteiger partial charge in [-0.05, 0) is 19.5 Å². The molecule has 0 spiro atoms. The number of aliphatic carboxylic acids is 1. The quantitative estimate of drug-likeness (QED) is 0.792. The van der Waals surface area contributed by atoms with Crippen LogP contribution < -0.4 is 0 Å². The molecule has 1 heterocycles. The maximum Gasteiger partial charge on any atom is 0.304 e. The van der Waals surface area contributed by atoms with Gasteiger partial charge < -0.3 is 5.11 Å². The van der Waals surface area contributed by atoms with Crippen molar-refractivity contribution in [3.05, 3.63) is 18.0 Å². The van der Waals surface area contributed by atoms with E-state index in [1.807, 2.05) is 24.7 Å². The molecule has 16 heavy (non-hydrogen) atoms. The summed E-state index contributed by atoms with van der Waals surface area (Å²) in [7, 11) is 1.90. The van der Waals surface area contributed by atoms with Gasteiger partial charge in [-0.3, -0.25) is 14.4 Å². The van der Waals surface area contributed by atoms with E-state index in [0.717, 1.165) is 12.2 Å². The Labute approximate surface area is 95.7 Å². The fourth-order valence-electron chi connectivity index (χ4n) is 1.85. The Balaban J connectivity index is 2.66. The molecule has 0 aromatic carbocycles. The van der Waals surface area contributed by atoms with Gasteiger partial charge >= 0.3 is 5.97 Å². The third-order valence-corrected chi connectivity index (χ3v) is 2.85. The van der Waals surface area contributed by atoms with Gasteiger partial charge in [0, 0.05) is 25.8 Å². The van der Waals surface area contributed by atoms with Crippen LogP contribution in [0, 0.1) is 0 Å². The highest BCUT2D eigenvalue weighted by Crippen LogP contribution is 2.18. The average Bonchev–Trinajstić information content (AvgIpc) is 2.64. The molecule has 0 saturated carbocycles. The number of aromatic nitrogens is 2. The monoisotopic (exact) mass is 225 g/mol. The minimum Gasteiger partial charge on any atom is -0.481 e. The fraction of sp³-hybridized carbons (Fsp3) is 0.636. The first-order valence-electron chi connectivity index (χ1n) is 5.50. The zero-order chi connectivity index (χ0) is 12.1. The minimum atomic E-state index is -0.754. The maximum atomic E-state index is 10.6. The van der Waals surface area contributed by atoms with Gasteiger partial charge in [0.05, 0.1) is 12.1 Å². The molecule has 90 valence electrons. The van der Waals surface area contributed by atoms with Crippen molar-refractivity contribution in [1.82, 2.24) is 14.7 Å². The Morgan fingerprint density at radius 1 is 1.69 bits per heavy atom. The lowest BCUT2D eigenvalue weighted by molar-refractivity contribution is -0.137. The topological polar surface area (TPSA) is 58.4 Å². The number of carbonyl (C=O) groups is 1. The zero-order valence-corrected chi connectivity index (χ0v) is 10.1. The van der Waals surface area contributed by atoms with Crippen LogP contribution in [0.2, 0.25) is 0 Å². The van der Waals surface area contributed by atoms with Crippen LogP contribution in [0.15, 0.2) is 12.3 Å². The van der Waals surface area contributed by atoms with Crippen LogP contribution in [0.1, 0.15) is 32.0 Å². The summed E-state index contributed by atoms with van der Waals surface area (Å²) in [5, 5.41) is 12.8. The lowest BCUT2D eigenvalue weighted by atomic mass is 10.2. The van der Waals surface area contributed by atoms with Crippen LogP contribution in [0.3, 0.4) is 0 Å². The van der Waals surface area contributed by atoms with Gasteiger partial charge in [0.25, 0.3) is 0 Å². The van der Waals surface area contributed by atoms with Gasteiger partial charge in [-0.1, -0.05) is 6.92 Å². The summed E-state index contributed by atoms with van der Waals surface area (Å²) >= 11 is 0. The summed E-state index contributed by atoms with van der Waals surface area (Å²) in [6.45, 7) is 5.51. The lowest BCUT2D eigenvalue weighted by Gasteiger charge is -2.27. The number of hydrogen-bond acceptors (Lipinski definition) is 3. The van der Waals surface area contributed by atoms with Crippen molar-refractivity contribution in [3.8, 4) is 0 Å². The summed E-state index contributed by atoms with van der Waals surface area (Å²) < 4.78 is 1.83. The van der Waals surface area contributed by atoms with Crippen LogP contribution in [-0.2, 0) is 11.8 Å². The lowest BCUT2D eigenvalue weighted by Crippen LogP contribution is -2.30. The number of carboxylic acid groups (broad SMARTS) is 1. The molecule has 0 aliphatic rings. The van der Waals surface area contributed by atoms with Gasteiger partial charge in [0.1, 0.15) is 0 Å². The van der Waals surface area contributed by atoms with Gasteiger partial charge in [-0.15, -0.1) is 0 Å². The smallest absolute Gasteiger partial charge is 0.304 e. The second-order valence-corrected chi connectivity index (χ2v) is 3.83. The third-order valence-electron chi connectivity index (χ3n) is 2.85. The van der Waals surface area contributed by atoms with E-state index in [4.69, 9.17) is 5.11 Å². The van der Waals surface area contributed by atoms with Crippen LogP contribution in [0.5, 0.6) is 0 Å². The number of carboxylic acids is 1. The van der Waals surface area contributed by atoms with E-state index in [1.165, 1.54) is 0 Å². The van der Waals surface area contributed by atoms with Crippen molar-refractivity contribution >= 4 is 5.97 Å². The number of aryl methyl sites for hydroxylation is 1. The Bertz CT molecular complexity index is 349. The zero-order valence-electron chi connectivity index (χ0n) is 10.1. The van der Waals surface area contributed by atoms with Crippen LogP contribution in [0.25, 0.3) is 0 Å². The van der Waals surface area contributed by atoms with Crippen LogP contribution in [0.4, 0.5) is 0 Å². The maximum absolute atomic E-state index is 10.6. The van der Waals surface area contributed by atoms with Crippen LogP contribution >= 0.6 is 0 Å². The Kier molecular flexibility index (Phi) is 4.49. The Hall–Kier alpha value is -1.36. The largest absolute Gasteiger partial charge is 0.481 e. The molecule has 0 amide bonds. The Morgan fingerprint density at radius 3 is 2.81 bits per heavy atom. The van der Waals surface area contributed by atoms with Gasteiger partial charge in [-0.2, -0.15) is 5.10 Å². The highest BCUT2D eigenvalue weighted by atomic mass is 16.4. The van der Waals surface area contributed by atoms with Crippen molar-refractivity contribution in [2.75, 3.05) is 13.1 Å². The van der Waals surface area contributed by atoms with Gasteiger partial charge in [-0.25, -0.2) is 0 Å². The van der Waals surface area contributed by atoms with E-state index in [9.17, 15) is 4.79 Å². The molecule has 0 radical (unpaired) electrons. The summed E-state index contributed by atoms with van der Waals surface area (Å²) in [6.07, 6.45) is 1.94. The first-order chi connectivity index (χ1) is 7.56. The molecule has 0 aliphatic carbocycles. The second-order valence-electron chi connectivity index (χ2n) is 3.83. The molecule has 0 saturated heterocycles. The molecule has 1 aromatic heterocycles. The normalized spacial score (nSPS) is 13.0. The SMILES string of the molecule is CCN(CCC(=O)O)C(C)c1ccnn1C.